The molecule has 1 saturated carbocycles. The van der Waals surface area contributed by atoms with Crippen LogP contribution in [-0.2, 0) is 17.9 Å². The average Bonchev–Trinajstić information content (AvgIpc) is 3.04. The largest absolute Gasteiger partial charge is 0.357 e. The van der Waals surface area contributed by atoms with E-state index in [9.17, 15) is 4.79 Å². The zero-order chi connectivity index (χ0) is 19.1. The summed E-state index contributed by atoms with van der Waals surface area (Å²) in [7, 11) is 0. The third-order valence-electron chi connectivity index (χ3n) is 6.10. The third-order valence-corrected chi connectivity index (χ3v) is 6.10. The molecule has 1 saturated heterocycles. The molecule has 1 amide bonds. The summed E-state index contributed by atoms with van der Waals surface area (Å²) in [4.78, 5) is 18.6. The lowest BCUT2D eigenvalue weighted by Gasteiger charge is -2.41. The van der Waals surface area contributed by atoms with E-state index in [4.69, 9.17) is 4.99 Å². The molecule has 2 N–H and O–H groups in total. The second kappa shape index (κ2) is 11.0. The summed E-state index contributed by atoms with van der Waals surface area (Å²) in [6, 6.07) is 8.46. The Kier molecular flexibility index (Phi) is 9.05. The predicted molar refractivity (Wildman–Crippen MR) is 126 cm³/mol. The van der Waals surface area contributed by atoms with Crippen molar-refractivity contribution in [1.82, 2.24) is 15.5 Å². The van der Waals surface area contributed by atoms with Gasteiger partial charge in [-0.1, -0.05) is 37.6 Å². The fourth-order valence-corrected chi connectivity index (χ4v) is 4.03. The number of halogens is 1. The summed E-state index contributed by atoms with van der Waals surface area (Å²) in [5.74, 6) is 1.18. The summed E-state index contributed by atoms with van der Waals surface area (Å²) in [6.07, 6.45) is 6.92. The van der Waals surface area contributed by atoms with Gasteiger partial charge >= 0.3 is 0 Å². The van der Waals surface area contributed by atoms with Gasteiger partial charge in [-0.05, 0) is 49.1 Å². The summed E-state index contributed by atoms with van der Waals surface area (Å²) in [6.45, 7) is 8.51. The van der Waals surface area contributed by atoms with Crippen LogP contribution in [0.1, 0.15) is 63.5 Å². The molecule has 0 bridgehead atoms. The van der Waals surface area contributed by atoms with Gasteiger partial charge in [-0.2, -0.15) is 0 Å². The molecule has 6 heteroatoms. The first-order chi connectivity index (χ1) is 13.1. The van der Waals surface area contributed by atoms with Crippen LogP contribution < -0.4 is 10.6 Å². The molecule has 28 heavy (non-hydrogen) atoms. The van der Waals surface area contributed by atoms with Gasteiger partial charge in [-0.15, -0.1) is 24.0 Å². The molecule has 0 unspecified atom stereocenters. The number of benzene rings is 1. The Balaban J connectivity index is 0.00000280. The van der Waals surface area contributed by atoms with Crippen LogP contribution in [0, 0.1) is 5.41 Å². The summed E-state index contributed by atoms with van der Waals surface area (Å²) in [5.41, 5.74) is 2.85. The number of guanidine groups is 1. The minimum absolute atomic E-state index is 0. The van der Waals surface area contributed by atoms with Crippen LogP contribution in [0.25, 0.3) is 0 Å². The van der Waals surface area contributed by atoms with E-state index in [0.29, 0.717) is 24.9 Å². The molecule has 1 aliphatic carbocycles. The molecule has 1 aromatic rings. The van der Waals surface area contributed by atoms with E-state index >= 15 is 0 Å². The van der Waals surface area contributed by atoms with E-state index in [-0.39, 0.29) is 29.9 Å². The maximum absolute atomic E-state index is 11.8. The Morgan fingerprint density at radius 1 is 1.18 bits per heavy atom. The number of aliphatic imine (C=N–C) groups is 1. The number of hydrogen-bond acceptors (Lipinski definition) is 2. The number of nitrogens with zero attached hydrogens (tertiary/aromatic N) is 2. The number of nitrogens with one attached hydrogen (secondary N) is 2. The van der Waals surface area contributed by atoms with E-state index in [1.165, 1.54) is 36.8 Å². The second-order valence-corrected chi connectivity index (χ2v) is 7.99. The first-order valence-corrected chi connectivity index (χ1v) is 10.5. The van der Waals surface area contributed by atoms with Crippen molar-refractivity contribution in [3.05, 3.63) is 35.4 Å². The summed E-state index contributed by atoms with van der Waals surface area (Å²) < 4.78 is 0. The summed E-state index contributed by atoms with van der Waals surface area (Å²) in [5, 5.41) is 6.91. The highest BCUT2D eigenvalue weighted by Gasteiger charge is 2.34. The van der Waals surface area contributed by atoms with E-state index < -0.39 is 0 Å². The quantitative estimate of drug-likeness (QED) is 0.323. The molecule has 0 spiro atoms. The van der Waals surface area contributed by atoms with Crippen molar-refractivity contribution in [3.8, 4) is 0 Å². The highest BCUT2D eigenvalue weighted by atomic mass is 127. The van der Waals surface area contributed by atoms with Gasteiger partial charge in [0.15, 0.2) is 5.96 Å². The first-order valence-electron chi connectivity index (χ1n) is 10.5. The Labute approximate surface area is 186 Å². The zero-order valence-corrected chi connectivity index (χ0v) is 19.6. The normalized spacial score (nSPS) is 18.4. The fourth-order valence-electron chi connectivity index (χ4n) is 4.03. The molecule has 0 aromatic heterocycles. The molecule has 156 valence electrons. The number of amides is 1. The van der Waals surface area contributed by atoms with Crippen LogP contribution in [0.4, 0.5) is 0 Å². The minimum atomic E-state index is 0. The molecule has 1 aromatic carbocycles. The lowest BCUT2D eigenvalue weighted by molar-refractivity contribution is -0.128. The number of carbonyl (C=O) groups is 1. The SMILES string of the molecule is CCNC(=NCc1cccc(CN2CCCC2=O)c1)NCC1(CC)CCC1.I. The number of hydrogen-bond donors (Lipinski definition) is 2. The van der Waals surface area contributed by atoms with Crippen molar-refractivity contribution in [2.24, 2.45) is 10.4 Å². The second-order valence-electron chi connectivity index (χ2n) is 7.99. The Morgan fingerprint density at radius 2 is 1.96 bits per heavy atom. The molecular weight excluding hydrogens is 463 g/mol. The van der Waals surface area contributed by atoms with Gasteiger partial charge in [0.2, 0.25) is 5.91 Å². The van der Waals surface area contributed by atoms with Crippen molar-refractivity contribution in [2.45, 2.75) is 65.5 Å². The van der Waals surface area contributed by atoms with Crippen molar-refractivity contribution in [3.63, 3.8) is 0 Å². The minimum Gasteiger partial charge on any atom is -0.357 e. The molecule has 1 aliphatic heterocycles. The lowest BCUT2D eigenvalue weighted by atomic mass is 9.67. The highest BCUT2D eigenvalue weighted by molar-refractivity contribution is 14.0. The molecule has 3 rings (SSSR count). The van der Waals surface area contributed by atoms with Crippen molar-refractivity contribution in [1.29, 1.82) is 0 Å². The Hall–Kier alpha value is -1.31. The molecule has 1 heterocycles. The van der Waals surface area contributed by atoms with Crippen LogP contribution >= 0.6 is 24.0 Å². The number of likely N-dealkylation sites (tertiary alicyclic amines) is 1. The Bertz CT molecular complexity index is 667. The van der Waals surface area contributed by atoms with Crippen LogP contribution in [0.15, 0.2) is 29.3 Å². The fraction of sp³-hybridized carbons (Fsp3) is 0.636. The van der Waals surface area contributed by atoms with Crippen molar-refractivity contribution in [2.75, 3.05) is 19.6 Å². The molecule has 0 radical (unpaired) electrons. The van der Waals surface area contributed by atoms with Crippen LogP contribution in [0.5, 0.6) is 0 Å². The molecule has 2 fully saturated rings. The first kappa shape index (κ1) is 23.0. The molecular formula is C22H35IN4O. The van der Waals surface area contributed by atoms with Gasteiger partial charge < -0.3 is 15.5 Å². The zero-order valence-electron chi connectivity index (χ0n) is 17.3. The summed E-state index contributed by atoms with van der Waals surface area (Å²) >= 11 is 0. The lowest BCUT2D eigenvalue weighted by Crippen LogP contribution is -2.46. The van der Waals surface area contributed by atoms with Crippen LogP contribution in [-0.4, -0.2) is 36.4 Å². The van der Waals surface area contributed by atoms with Crippen LogP contribution in [0.3, 0.4) is 0 Å². The molecule has 5 nitrogen and oxygen atoms in total. The van der Waals surface area contributed by atoms with Gasteiger partial charge in [0.25, 0.3) is 0 Å². The predicted octanol–water partition coefficient (Wildman–Crippen LogP) is 4.06. The average molecular weight is 498 g/mol. The van der Waals surface area contributed by atoms with E-state index in [2.05, 4.69) is 48.7 Å². The maximum atomic E-state index is 11.8. The van der Waals surface area contributed by atoms with E-state index in [1.807, 2.05) is 4.90 Å². The standard InChI is InChI=1S/C22H34N4O.HI/c1-3-22(11-7-12-22)17-25-21(23-4-2)24-15-18-8-5-9-19(14-18)16-26-13-6-10-20(26)27;/h5,8-9,14H,3-4,6-7,10-13,15-17H2,1-2H3,(H2,23,24,25);1H. The number of rotatable bonds is 8. The van der Waals surface area contributed by atoms with E-state index in [0.717, 1.165) is 32.0 Å². The number of carbonyl (C=O) groups excluding carboxylic acids is 1. The maximum Gasteiger partial charge on any atom is 0.222 e. The molecule has 0 atom stereocenters. The monoisotopic (exact) mass is 498 g/mol. The van der Waals surface area contributed by atoms with Gasteiger partial charge in [0.1, 0.15) is 0 Å². The van der Waals surface area contributed by atoms with Gasteiger partial charge in [0.05, 0.1) is 6.54 Å². The topological polar surface area (TPSA) is 56.7 Å². The highest BCUT2D eigenvalue weighted by Crippen LogP contribution is 2.42. The van der Waals surface area contributed by atoms with E-state index in [1.54, 1.807) is 0 Å². The van der Waals surface area contributed by atoms with Gasteiger partial charge in [-0.25, -0.2) is 4.99 Å². The van der Waals surface area contributed by atoms with Crippen LogP contribution in [0.2, 0.25) is 0 Å². The van der Waals surface area contributed by atoms with Gasteiger partial charge in [0, 0.05) is 32.6 Å². The third kappa shape index (κ3) is 6.09. The van der Waals surface area contributed by atoms with Crippen molar-refractivity contribution < 1.29 is 4.79 Å². The van der Waals surface area contributed by atoms with Crippen molar-refractivity contribution >= 4 is 35.8 Å². The molecule has 2 aliphatic rings. The Morgan fingerprint density at radius 3 is 2.57 bits per heavy atom. The smallest absolute Gasteiger partial charge is 0.222 e. The van der Waals surface area contributed by atoms with Gasteiger partial charge in [-0.3, -0.25) is 4.79 Å².